The second kappa shape index (κ2) is 11.5. The van der Waals surface area contributed by atoms with Gasteiger partial charge in [0, 0.05) is 30.8 Å². The first kappa shape index (κ1) is 22.8. The lowest BCUT2D eigenvalue weighted by Crippen LogP contribution is -2.25. The summed E-state index contributed by atoms with van der Waals surface area (Å²) in [5.74, 6) is 0.660. The molecule has 0 atom stereocenters. The van der Waals surface area contributed by atoms with Crippen LogP contribution in [-0.4, -0.2) is 26.9 Å². The Morgan fingerprint density at radius 2 is 1.68 bits per heavy atom. The number of nitrogens with zero attached hydrogens (tertiary/aromatic N) is 3. The van der Waals surface area contributed by atoms with Crippen molar-refractivity contribution in [3.8, 4) is 11.4 Å². The molecule has 3 aromatic rings. The van der Waals surface area contributed by atoms with Gasteiger partial charge in [-0.25, -0.2) is 4.98 Å². The number of primary amides is 1. The first-order chi connectivity index (χ1) is 15.1. The molecule has 164 valence electrons. The molecular formula is C26H34N4O. The largest absolute Gasteiger partial charge is 0.366 e. The number of imidazole rings is 1. The highest BCUT2D eigenvalue weighted by Gasteiger charge is 2.15. The summed E-state index contributed by atoms with van der Waals surface area (Å²) in [4.78, 5) is 18.6. The lowest BCUT2D eigenvalue weighted by Gasteiger charge is -2.23. The molecule has 0 unspecified atom stereocenters. The Morgan fingerprint density at radius 3 is 2.32 bits per heavy atom. The Bertz CT molecular complexity index is 947. The number of nitrogens with two attached hydrogens (primary N) is 1. The van der Waals surface area contributed by atoms with Crippen LogP contribution in [-0.2, 0) is 19.6 Å². The molecule has 0 fully saturated rings. The molecule has 1 heterocycles. The molecule has 5 heteroatoms. The SMILES string of the molecule is CCCCN(Cc1ccc(C(N)=O)cc1)Cc1cnc(-c2ccccc2)n1CCCC. The van der Waals surface area contributed by atoms with Crippen molar-refractivity contribution in [2.45, 2.75) is 59.2 Å². The first-order valence-electron chi connectivity index (χ1n) is 11.3. The number of amides is 1. The van der Waals surface area contributed by atoms with Crippen LogP contribution in [0.3, 0.4) is 0 Å². The van der Waals surface area contributed by atoms with Gasteiger partial charge in [0.15, 0.2) is 0 Å². The number of hydrogen-bond donors (Lipinski definition) is 1. The molecule has 1 amide bonds. The van der Waals surface area contributed by atoms with Crippen molar-refractivity contribution in [2.24, 2.45) is 5.73 Å². The Morgan fingerprint density at radius 1 is 0.968 bits per heavy atom. The minimum absolute atomic E-state index is 0.386. The van der Waals surface area contributed by atoms with Crippen molar-refractivity contribution in [2.75, 3.05) is 6.54 Å². The van der Waals surface area contributed by atoms with Crippen LogP contribution in [0.4, 0.5) is 0 Å². The van der Waals surface area contributed by atoms with E-state index in [1.54, 1.807) is 0 Å². The zero-order valence-corrected chi connectivity index (χ0v) is 18.8. The van der Waals surface area contributed by atoms with Crippen molar-refractivity contribution >= 4 is 5.91 Å². The minimum Gasteiger partial charge on any atom is -0.366 e. The lowest BCUT2D eigenvalue weighted by molar-refractivity contribution is 0.100. The third-order valence-corrected chi connectivity index (χ3v) is 5.56. The normalized spacial score (nSPS) is 11.2. The first-order valence-corrected chi connectivity index (χ1v) is 11.3. The zero-order valence-electron chi connectivity index (χ0n) is 18.8. The third-order valence-electron chi connectivity index (χ3n) is 5.56. The van der Waals surface area contributed by atoms with Gasteiger partial charge in [0.25, 0.3) is 0 Å². The van der Waals surface area contributed by atoms with Crippen molar-refractivity contribution in [1.82, 2.24) is 14.5 Å². The summed E-state index contributed by atoms with van der Waals surface area (Å²) in [5.41, 5.74) is 9.52. The summed E-state index contributed by atoms with van der Waals surface area (Å²) in [6, 6.07) is 18.1. The third kappa shape index (κ3) is 6.28. The minimum atomic E-state index is -0.386. The van der Waals surface area contributed by atoms with E-state index in [1.165, 1.54) is 11.3 Å². The average molecular weight is 419 g/mol. The van der Waals surface area contributed by atoms with E-state index in [2.05, 4.69) is 47.6 Å². The topological polar surface area (TPSA) is 64.2 Å². The second-order valence-corrected chi connectivity index (χ2v) is 8.07. The summed E-state index contributed by atoms with van der Waals surface area (Å²) in [7, 11) is 0. The fourth-order valence-corrected chi connectivity index (χ4v) is 3.78. The van der Waals surface area contributed by atoms with Gasteiger partial charge in [-0.3, -0.25) is 9.69 Å². The molecule has 0 bridgehead atoms. The molecule has 3 rings (SSSR count). The maximum atomic E-state index is 11.4. The highest BCUT2D eigenvalue weighted by Crippen LogP contribution is 2.22. The highest BCUT2D eigenvalue weighted by atomic mass is 16.1. The van der Waals surface area contributed by atoms with E-state index in [0.717, 1.165) is 63.3 Å². The van der Waals surface area contributed by atoms with Crippen LogP contribution in [0.1, 0.15) is 61.1 Å². The standard InChI is InChI=1S/C26H34N4O/c1-3-5-16-29(19-21-12-14-22(15-13-21)25(27)31)20-24-18-28-26(30(24)17-6-4-2)23-10-8-7-9-11-23/h7-15,18H,3-6,16-17,19-20H2,1-2H3,(H2,27,31). The molecular weight excluding hydrogens is 384 g/mol. The summed E-state index contributed by atoms with van der Waals surface area (Å²) < 4.78 is 2.38. The van der Waals surface area contributed by atoms with Crippen LogP contribution >= 0.6 is 0 Å². The predicted molar refractivity (Wildman–Crippen MR) is 127 cm³/mol. The van der Waals surface area contributed by atoms with Crippen molar-refractivity contribution in [3.63, 3.8) is 0 Å². The average Bonchev–Trinajstić information content (AvgIpc) is 3.19. The molecule has 0 radical (unpaired) electrons. The number of benzene rings is 2. The van der Waals surface area contributed by atoms with Crippen LogP contribution in [0.5, 0.6) is 0 Å². The zero-order chi connectivity index (χ0) is 22.1. The fourth-order valence-electron chi connectivity index (χ4n) is 3.78. The van der Waals surface area contributed by atoms with Gasteiger partial charge < -0.3 is 10.3 Å². The number of rotatable bonds is 12. The molecule has 31 heavy (non-hydrogen) atoms. The number of aromatic nitrogens is 2. The van der Waals surface area contributed by atoms with E-state index in [9.17, 15) is 4.79 Å². The number of carbonyl (C=O) groups is 1. The van der Waals surface area contributed by atoms with E-state index in [-0.39, 0.29) is 5.91 Å². The molecule has 0 spiro atoms. The maximum Gasteiger partial charge on any atom is 0.248 e. The van der Waals surface area contributed by atoms with Crippen LogP contribution in [0, 0.1) is 0 Å². The fraction of sp³-hybridized carbons (Fsp3) is 0.385. The molecule has 0 aliphatic heterocycles. The molecule has 0 aliphatic carbocycles. The number of unbranched alkanes of at least 4 members (excludes halogenated alkanes) is 2. The van der Waals surface area contributed by atoms with Gasteiger partial charge in [0.1, 0.15) is 5.82 Å². The van der Waals surface area contributed by atoms with E-state index in [1.807, 2.05) is 36.5 Å². The van der Waals surface area contributed by atoms with E-state index in [4.69, 9.17) is 10.7 Å². The molecule has 0 saturated carbocycles. The molecule has 2 aromatic carbocycles. The van der Waals surface area contributed by atoms with Crippen molar-refractivity contribution in [1.29, 1.82) is 0 Å². The van der Waals surface area contributed by atoms with Gasteiger partial charge in [-0.1, -0.05) is 69.2 Å². The van der Waals surface area contributed by atoms with Gasteiger partial charge in [-0.05, 0) is 37.1 Å². The van der Waals surface area contributed by atoms with Crippen molar-refractivity contribution in [3.05, 3.63) is 77.6 Å². The molecule has 5 nitrogen and oxygen atoms in total. The van der Waals surface area contributed by atoms with Crippen LogP contribution in [0.2, 0.25) is 0 Å². The lowest BCUT2D eigenvalue weighted by atomic mass is 10.1. The molecule has 0 saturated heterocycles. The number of carbonyl (C=O) groups excluding carboxylic acids is 1. The Balaban J connectivity index is 1.82. The second-order valence-electron chi connectivity index (χ2n) is 8.07. The Kier molecular flexibility index (Phi) is 8.42. The van der Waals surface area contributed by atoms with Crippen LogP contribution in [0.25, 0.3) is 11.4 Å². The predicted octanol–water partition coefficient (Wildman–Crippen LogP) is 5.25. The Hall–Kier alpha value is -2.92. The molecule has 0 aliphatic rings. The quantitative estimate of drug-likeness (QED) is 0.437. The number of hydrogen-bond acceptors (Lipinski definition) is 3. The van der Waals surface area contributed by atoms with Gasteiger partial charge in [0.2, 0.25) is 5.91 Å². The molecule has 2 N–H and O–H groups in total. The van der Waals surface area contributed by atoms with Crippen LogP contribution in [0.15, 0.2) is 60.8 Å². The summed E-state index contributed by atoms with van der Waals surface area (Å²) >= 11 is 0. The van der Waals surface area contributed by atoms with Crippen molar-refractivity contribution < 1.29 is 4.79 Å². The van der Waals surface area contributed by atoms with Gasteiger partial charge in [-0.2, -0.15) is 0 Å². The van der Waals surface area contributed by atoms with Crippen LogP contribution < -0.4 is 5.73 Å². The maximum absolute atomic E-state index is 11.4. The summed E-state index contributed by atoms with van der Waals surface area (Å²) in [6.45, 7) is 8.12. The van der Waals surface area contributed by atoms with Gasteiger partial charge in [-0.15, -0.1) is 0 Å². The van der Waals surface area contributed by atoms with Gasteiger partial charge >= 0.3 is 0 Å². The smallest absolute Gasteiger partial charge is 0.248 e. The van der Waals surface area contributed by atoms with E-state index >= 15 is 0 Å². The summed E-state index contributed by atoms with van der Waals surface area (Å²) in [6.07, 6.45) is 6.62. The summed E-state index contributed by atoms with van der Waals surface area (Å²) in [5, 5.41) is 0. The molecule has 1 aromatic heterocycles. The van der Waals surface area contributed by atoms with E-state index < -0.39 is 0 Å². The van der Waals surface area contributed by atoms with E-state index in [0.29, 0.717) is 5.56 Å². The Labute approximate surface area is 185 Å². The monoisotopic (exact) mass is 418 g/mol. The van der Waals surface area contributed by atoms with Gasteiger partial charge in [0.05, 0.1) is 11.9 Å². The highest BCUT2D eigenvalue weighted by molar-refractivity contribution is 5.92.